The topological polar surface area (TPSA) is 99.5 Å². The lowest BCUT2D eigenvalue weighted by Gasteiger charge is -2.09. The van der Waals surface area contributed by atoms with Crippen LogP contribution in [0.3, 0.4) is 0 Å². The molecule has 8 heteroatoms. The van der Waals surface area contributed by atoms with Crippen molar-refractivity contribution in [2.45, 2.75) is 0 Å². The van der Waals surface area contributed by atoms with Gasteiger partial charge in [0, 0.05) is 18.1 Å². The molecule has 0 aliphatic carbocycles. The van der Waals surface area contributed by atoms with Gasteiger partial charge in [-0.25, -0.2) is 9.48 Å². The maximum absolute atomic E-state index is 12.4. The van der Waals surface area contributed by atoms with Crippen LogP contribution in [0.4, 0.5) is 5.69 Å². The summed E-state index contributed by atoms with van der Waals surface area (Å²) in [6, 6.07) is 13.3. The quantitative estimate of drug-likeness (QED) is 0.690. The van der Waals surface area contributed by atoms with Gasteiger partial charge in [-0.05, 0) is 30.3 Å². The van der Waals surface area contributed by atoms with Crippen LogP contribution >= 0.6 is 0 Å². The monoisotopic (exact) mass is 367 g/mol. The van der Waals surface area contributed by atoms with Gasteiger partial charge >= 0.3 is 5.97 Å². The zero-order valence-corrected chi connectivity index (χ0v) is 14.8. The van der Waals surface area contributed by atoms with Gasteiger partial charge in [0.1, 0.15) is 5.75 Å². The highest BCUT2D eigenvalue weighted by molar-refractivity contribution is 6.03. The third kappa shape index (κ3) is 3.95. The minimum absolute atomic E-state index is 0.0232. The van der Waals surface area contributed by atoms with E-state index in [0.29, 0.717) is 22.2 Å². The average Bonchev–Trinajstić information content (AvgIpc) is 2.69. The molecule has 0 fully saturated rings. The van der Waals surface area contributed by atoms with Crippen LogP contribution in [0, 0.1) is 0 Å². The number of hydrogen-bond donors (Lipinski definition) is 1. The molecule has 0 bridgehead atoms. The first kappa shape index (κ1) is 18.1. The van der Waals surface area contributed by atoms with E-state index < -0.39 is 18.5 Å². The summed E-state index contributed by atoms with van der Waals surface area (Å²) in [5.41, 5.74) is 0.201. The van der Waals surface area contributed by atoms with E-state index in [9.17, 15) is 14.4 Å². The van der Waals surface area contributed by atoms with Gasteiger partial charge in [-0.2, -0.15) is 5.10 Å². The lowest BCUT2D eigenvalue weighted by atomic mass is 10.1. The molecule has 1 aromatic heterocycles. The number of fused-ring (bicyclic) bond motifs is 1. The zero-order valence-electron chi connectivity index (χ0n) is 14.8. The van der Waals surface area contributed by atoms with Crippen LogP contribution in [0.25, 0.3) is 10.8 Å². The molecule has 0 saturated carbocycles. The van der Waals surface area contributed by atoms with Crippen molar-refractivity contribution in [1.29, 1.82) is 0 Å². The molecule has 138 valence electrons. The van der Waals surface area contributed by atoms with Crippen molar-refractivity contribution in [1.82, 2.24) is 9.78 Å². The minimum atomic E-state index is -0.785. The predicted molar refractivity (Wildman–Crippen MR) is 98.9 cm³/mol. The Morgan fingerprint density at radius 2 is 1.74 bits per heavy atom. The fraction of sp³-hybridized carbons (Fsp3) is 0.158. The number of ether oxygens (including phenoxy) is 2. The molecular weight excluding hydrogens is 350 g/mol. The second-order valence-electron chi connectivity index (χ2n) is 5.68. The number of carbonyl (C=O) groups is 2. The van der Waals surface area contributed by atoms with Gasteiger partial charge in [0.15, 0.2) is 12.3 Å². The van der Waals surface area contributed by atoms with E-state index in [4.69, 9.17) is 9.47 Å². The van der Waals surface area contributed by atoms with E-state index in [1.165, 1.54) is 7.05 Å². The van der Waals surface area contributed by atoms with Crippen molar-refractivity contribution in [3.8, 4) is 5.75 Å². The van der Waals surface area contributed by atoms with Crippen LogP contribution in [0.5, 0.6) is 5.75 Å². The third-order valence-electron chi connectivity index (χ3n) is 3.86. The molecule has 1 heterocycles. The number of aromatic nitrogens is 2. The summed E-state index contributed by atoms with van der Waals surface area (Å²) in [6.07, 6.45) is 0. The number of methoxy groups -OCH3 is 1. The van der Waals surface area contributed by atoms with Crippen molar-refractivity contribution in [3.63, 3.8) is 0 Å². The molecule has 0 radical (unpaired) electrons. The van der Waals surface area contributed by atoms with Crippen LogP contribution in [-0.2, 0) is 16.6 Å². The SMILES string of the molecule is COc1ccc(NC(=O)COC(=O)c2nn(C)c(=O)c3ccccc23)cc1. The number of nitrogens with one attached hydrogen (secondary N) is 1. The lowest BCUT2D eigenvalue weighted by molar-refractivity contribution is -0.119. The first-order valence-corrected chi connectivity index (χ1v) is 8.06. The first-order valence-electron chi connectivity index (χ1n) is 8.06. The van der Waals surface area contributed by atoms with Crippen LogP contribution < -0.4 is 15.6 Å². The Labute approximate surface area is 154 Å². The summed E-state index contributed by atoms with van der Waals surface area (Å²) in [5.74, 6) is -0.624. The molecule has 3 aromatic rings. The summed E-state index contributed by atoms with van der Waals surface area (Å²) < 4.78 is 11.2. The van der Waals surface area contributed by atoms with Gasteiger partial charge in [0.2, 0.25) is 0 Å². The van der Waals surface area contributed by atoms with Crippen molar-refractivity contribution in [3.05, 3.63) is 64.6 Å². The number of amides is 1. The van der Waals surface area contributed by atoms with E-state index in [1.54, 1.807) is 55.6 Å². The van der Waals surface area contributed by atoms with Crippen LogP contribution in [0.2, 0.25) is 0 Å². The maximum atomic E-state index is 12.4. The van der Waals surface area contributed by atoms with Gasteiger partial charge < -0.3 is 14.8 Å². The van der Waals surface area contributed by atoms with Crippen molar-refractivity contribution < 1.29 is 19.1 Å². The fourth-order valence-corrected chi connectivity index (χ4v) is 2.52. The van der Waals surface area contributed by atoms with Gasteiger partial charge in [-0.15, -0.1) is 0 Å². The molecule has 0 saturated heterocycles. The summed E-state index contributed by atoms with van der Waals surface area (Å²) in [4.78, 5) is 36.5. The first-order chi connectivity index (χ1) is 13.0. The van der Waals surface area contributed by atoms with Crippen LogP contribution in [0.15, 0.2) is 53.3 Å². The van der Waals surface area contributed by atoms with Crippen molar-refractivity contribution in [2.24, 2.45) is 7.05 Å². The number of anilines is 1. The van der Waals surface area contributed by atoms with E-state index in [1.807, 2.05) is 0 Å². The number of benzene rings is 2. The normalized spacial score (nSPS) is 10.4. The zero-order chi connectivity index (χ0) is 19.4. The van der Waals surface area contributed by atoms with Crippen molar-refractivity contribution in [2.75, 3.05) is 19.0 Å². The smallest absolute Gasteiger partial charge is 0.359 e. The summed E-state index contributed by atoms with van der Waals surface area (Å²) >= 11 is 0. The Balaban J connectivity index is 1.70. The number of rotatable bonds is 5. The highest BCUT2D eigenvalue weighted by Crippen LogP contribution is 2.16. The molecule has 0 unspecified atom stereocenters. The maximum Gasteiger partial charge on any atom is 0.359 e. The third-order valence-corrected chi connectivity index (χ3v) is 3.86. The molecule has 8 nitrogen and oxygen atoms in total. The Bertz CT molecular complexity index is 1060. The van der Waals surface area contributed by atoms with Crippen LogP contribution in [-0.4, -0.2) is 35.4 Å². The summed E-state index contributed by atoms with van der Waals surface area (Å²) in [5, 5.41) is 7.30. The predicted octanol–water partition coefficient (Wildman–Crippen LogP) is 1.74. The molecule has 1 amide bonds. The van der Waals surface area contributed by atoms with Gasteiger partial charge in [-0.1, -0.05) is 18.2 Å². The van der Waals surface area contributed by atoms with E-state index in [2.05, 4.69) is 10.4 Å². The molecule has 27 heavy (non-hydrogen) atoms. The Kier molecular flexibility index (Phi) is 5.16. The number of hydrogen-bond acceptors (Lipinski definition) is 6. The molecule has 2 aromatic carbocycles. The number of esters is 1. The average molecular weight is 367 g/mol. The van der Waals surface area contributed by atoms with E-state index in [-0.39, 0.29) is 11.3 Å². The lowest BCUT2D eigenvalue weighted by Crippen LogP contribution is -2.26. The molecule has 0 atom stereocenters. The highest BCUT2D eigenvalue weighted by Gasteiger charge is 2.18. The standard InChI is InChI=1S/C19H17N3O5/c1-22-18(24)15-6-4-3-5-14(15)17(21-22)19(25)27-11-16(23)20-12-7-9-13(26-2)10-8-12/h3-10H,11H2,1-2H3,(H,20,23). The number of carbonyl (C=O) groups excluding carboxylic acids is 2. The summed E-state index contributed by atoms with van der Waals surface area (Å²) in [6.45, 7) is -0.482. The van der Waals surface area contributed by atoms with E-state index in [0.717, 1.165) is 4.68 Å². The van der Waals surface area contributed by atoms with Gasteiger partial charge in [-0.3, -0.25) is 9.59 Å². The molecular formula is C19H17N3O5. The van der Waals surface area contributed by atoms with Crippen molar-refractivity contribution >= 4 is 28.3 Å². The molecule has 0 aliphatic heterocycles. The second-order valence-corrected chi connectivity index (χ2v) is 5.68. The minimum Gasteiger partial charge on any atom is -0.497 e. The Morgan fingerprint density at radius 1 is 1.07 bits per heavy atom. The molecule has 0 aliphatic rings. The molecule has 3 rings (SSSR count). The van der Waals surface area contributed by atoms with E-state index >= 15 is 0 Å². The van der Waals surface area contributed by atoms with Gasteiger partial charge in [0.25, 0.3) is 11.5 Å². The van der Waals surface area contributed by atoms with Crippen LogP contribution in [0.1, 0.15) is 10.5 Å². The second kappa shape index (κ2) is 7.69. The highest BCUT2D eigenvalue weighted by atomic mass is 16.5. The number of aryl methyl sites for hydroxylation is 1. The summed E-state index contributed by atoms with van der Waals surface area (Å²) in [7, 11) is 2.99. The molecule has 1 N–H and O–H groups in total. The largest absolute Gasteiger partial charge is 0.497 e. The van der Waals surface area contributed by atoms with Gasteiger partial charge in [0.05, 0.1) is 12.5 Å². The Hall–Kier alpha value is -3.68. The molecule has 0 spiro atoms. The fourth-order valence-electron chi connectivity index (χ4n) is 2.52. The number of nitrogens with zero attached hydrogens (tertiary/aromatic N) is 2. The Morgan fingerprint density at radius 3 is 2.41 bits per heavy atom.